The van der Waals surface area contributed by atoms with Gasteiger partial charge in [0.2, 0.25) is 0 Å². The molecule has 0 spiro atoms. The Balaban J connectivity index is 2.39. The second kappa shape index (κ2) is 2.12. The van der Waals surface area contributed by atoms with Crippen LogP contribution in [0.15, 0.2) is 11.4 Å². The lowest BCUT2D eigenvalue weighted by Gasteiger charge is -2.09. The zero-order valence-corrected chi connectivity index (χ0v) is 5.79. The Hall–Kier alpha value is -0.340. The SMILES string of the molecule is [C]1Cc2ccsc2CN1. The molecule has 0 unspecified atom stereocenters. The quantitative estimate of drug-likeness (QED) is 0.570. The van der Waals surface area contributed by atoms with Gasteiger partial charge in [0.15, 0.2) is 0 Å². The number of hydrogen-bond acceptors (Lipinski definition) is 2. The van der Waals surface area contributed by atoms with E-state index >= 15 is 0 Å². The Morgan fingerprint density at radius 2 is 2.67 bits per heavy atom. The van der Waals surface area contributed by atoms with Crippen LogP contribution in [-0.2, 0) is 13.0 Å². The highest BCUT2D eigenvalue weighted by Crippen LogP contribution is 2.20. The van der Waals surface area contributed by atoms with Gasteiger partial charge in [-0.15, -0.1) is 11.3 Å². The van der Waals surface area contributed by atoms with Crippen molar-refractivity contribution in [2.24, 2.45) is 0 Å². The molecule has 0 saturated carbocycles. The summed E-state index contributed by atoms with van der Waals surface area (Å²) >= 11 is 1.82. The average molecular weight is 137 g/mol. The van der Waals surface area contributed by atoms with Crippen molar-refractivity contribution in [2.75, 3.05) is 0 Å². The molecule has 2 rings (SSSR count). The van der Waals surface area contributed by atoms with E-state index in [0.717, 1.165) is 13.0 Å². The summed E-state index contributed by atoms with van der Waals surface area (Å²) < 4.78 is 0. The topological polar surface area (TPSA) is 12.0 Å². The molecule has 0 bridgehead atoms. The lowest BCUT2D eigenvalue weighted by Crippen LogP contribution is -2.16. The van der Waals surface area contributed by atoms with E-state index in [-0.39, 0.29) is 0 Å². The first-order chi connectivity index (χ1) is 4.47. The molecule has 1 aromatic heterocycles. The molecule has 0 fully saturated rings. The zero-order valence-electron chi connectivity index (χ0n) is 4.98. The van der Waals surface area contributed by atoms with Crippen LogP contribution in [-0.4, -0.2) is 0 Å². The Kier molecular flexibility index (Phi) is 1.28. The molecule has 0 aliphatic carbocycles. The van der Waals surface area contributed by atoms with E-state index in [1.54, 1.807) is 0 Å². The lowest BCUT2D eigenvalue weighted by atomic mass is 10.1. The Morgan fingerprint density at radius 1 is 1.67 bits per heavy atom. The van der Waals surface area contributed by atoms with Crippen LogP contribution >= 0.6 is 11.3 Å². The van der Waals surface area contributed by atoms with Gasteiger partial charge >= 0.3 is 0 Å². The normalized spacial score (nSPS) is 17.3. The first-order valence-corrected chi connectivity index (χ1v) is 3.86. The Bertz CT molecular complexity index is 184. The van der Waals surface area contributed by atoms with E-state index in [1.165, 1.54) is 10.4 Å². The van der Waals surface area contributed by atoms with Gasteiger partial charge in [0.1, 0.15) is 0 Å². The van der Waals surface area contributed by atoms with E-state index in [4.69, 9.17) is 0 Å². The van der Waals surface area contributed by atoms with Crippen molar-refractivity contribution >= 4 is 11.3 Å². The van der Waals surface area contributed by atoms with Gasteiger partial charge in [-0.1, -0.05) is 0 Å². The molecule has 1 aliphatic rings. The van der Waals surface area contributed by atoms with Gasteiger partial charge in [-0.3, -0.25) is 0 Å². The monoisotopic (exact) mass is 137 g/mol. The summed E-state index contributed by atoms with van der Waals surface area (Å²) in [6, 6.07) is 2.17. The molecule has 0 saturated heterocycles. The molecule has 1 aliphatic heterocycles. The molecule has 0 atom stereocenters. The van der Waals surface area contributed by atoms with Crippen molar-refractivity contribution in [3.05, 3.63) is 28.4 Å². The zero-order chi connectivity index (χ0) is 6.10. The van der Waals surface area contributed by atoms with Crippen LogP contribution in [0.1, 0.15) is 10.4 Å². The molecule has 46 valence electrons. The maximum Gasteiger partial charge on any atom is 0.0637 e. The van der Waals surface area contributed by atoms with Gasteiger partial charge < -0.3 is 5.32 Å². The fraction of sp³-hybridized carbons (Fsp3) is 0.286. The average Bonchev–Trinajstić information content (AvgIpc) is 2.33. The summed E-state index contributed by atoms with van der Waals surface area (Å²) in [7, 11) is 0. The molecule has 0 amide bonds. The third-order valence-corrected chi connectivity index (χ3v) is 2.45. The minimum Gasteiger partial charge on any atom is -0.303 e. The van der Waals surface area contributed by atoms with Gasteiger partial charge in [-0.2, -0.15) is 0 Å². The minimum absolute atomic E-state index is 0.971. The molecule has 2 heteroatoms. The summed E-state index contributed by atoms with van der Waals surface area (Å²) in [6.45, 7) is 4.06. The van der Waals surface area contributed by atoms with Crippen LogP contribution in [0.2, 0.25) is 0 Å². The molecular formula is C7H7NS. The van der Waals surface area contributed by atoms with Crippen LogP contribution in [0.5, 0.6) is 0 Å². The van der Waals surface area contributed by atoms with Crippen molar-refractivity contribution in [3.63, 3.8) is 0 Å². The molecule has 1 aromatic rings. The largest absolute Gasteiger partial charge is 0.303 e. The van der Waals surface area contributed by atoms with Crippen LogP contribution < -0.4 is 5.32 Å². The van der Waals surface area contributed by atoms with E-state index < -0.39 is 0 Å². The molecule has 2 radical (unpaired) electrons. The number of rotatable bonds is 0. The second-order valence-corrected chi connectivity index (χ2v) is 3.08. The fourth-order valence-corrected chi connectivity index (χ4v) is 1.82. The number of hydrogen-bond donors (Lipinski definition) is 1. The summed E-state index contributed by atoms with van der Waals surface area (Å²) in [5.74, 6) is 0. The summed E-state index contributed by atoms with van der Waals surface area (Å²) in [6.07, 6.45) is 0.971. The first-order valence-electron chi connectivity index (χ1n) is 2.98. The van der Waals surface area contributed by atoms with Crippen molar-refractivity contribution < 1.29 is 0 Å². The lowest BCUT2D eigenvalue weighted by molar-refractivity contribution is 0.740. The number of thiophene rings is 1. The van der Waals surface area contributed by atoms with Crippen molar-refractivity contribution in [1.29, 1.82) is 0 Å². The Morgan fingerprint density at radius 3 is 3.56 bits per heavy atom. The van der Waals surface area contributed by atoms with Crippen molar-refractivity contribution in [2.45, 2.75) is 13.0 Å². The molecule has 0 aromatic carbocycles. The highest BCUT2D eigenvalue weighted by atomic mass is 32.1. The third kappa shape index (κ3) is 0.884. The van der Waals surface area contributed by atoms with E-state index in [0.29, 0.717) is 0 Å². The van der Waals surface area contributed by atoms with E-state index in [2.05, 4.69) is 23.3 Å². The molecular weight excluding hydrogens is 130 g/mol. The van der Waals surface area contributed by atoms with Crippen LogP contribution in [0.25, 0.3) is 0 Å². The number of fused-ring (bicyclic) bond motifs is 1. The smallest absolute Gasteiger partial charge is 0.0637 e. The van der Waals surface area contributed by atoms with Gasteiger partial charge in [0.05, 0.1) is 6.54 Å². The number of nitrogens with one attached hydrogen (secondary N) is 1. The molecule has 1 N–H and O–H groups in total. The van der Waals surface area contributed by atoms with Crippen LogP contribution in [0, 0.1) is 6.54 Å². The van der Waals surface area contributed by atoms with E-state index in [9.17, 15) is 0 Å². The molecule has 1 nitrogen and oxygen atoms in total. The van der Waals surface area contributed by atoms with Gasteiger partial charge in [-0.25, -0.2) is 0 Å². The maximum absolute atomic E-state index is 3.09. The van der Waals surface area contributed by atoms with Gasteiger partial charge in [-0.05, 0) is 23.4 Å². The van der Waals surface area contributed by atoms with Crippen molar-refractivity contribution in [3.8, 4) is 0 Å². The third-order valence-electron chi connectivity index (χ3n) is 1.49. The summed E-state index contributed by atoms with van der Waals surface area (Å²) in [5.41, 5.74) is 1.44. The second-order valence-electron chi connectivity index (χ2n) is 2.08. The molecule has 2 heterocycles. The van der Waals surface area contributed by atoms with E-state index in [1.807, 2.05) is 11.3 Å². The van der Waals surface area contributed by atoms with Crippen LogP contribution in [0.3, 0.4) is 0 Å². The fourth-order valence-electron chi connectivity index (χ4n) is 0.980. The highest BCUT2D eigenvalue weighted by molar-refractivity contribution is 7.10. The standard InChI is InChI=1S/C7H7NS/c1-3-8-5-7-6(1)2-4-9-7/h2,4,8H,1,5H2. The van der Waals surface area contributed by atoms with Crippen LogP contribution in [0.4, 0.5) is 0 Å². The maximum atomic E-state index is 3.09. The van der Waals surface area contributed by atoms with Gasteiger partial charge in [0, 0.05) is 11.4 Å². The Labute approximate surface area is 58.7 Å². The first kappa shape index (κ1) is 5.45. The predicted molar refractivity (Wildman–Crippen MR) is 38.1 cm³/mol. The summed E-state index contributed by atoms with van der Waals surface area (Å²) in [4.78, 5) is 1.47. The summed E-state index contributed by atoms with van der Waals surface area (Å²) in [5, 5.41) is 5.23. The highest BCUT2D eigenvalue weighted by Gasteiger charge is 2.08. The minimum atomic E-state index is 0.971. The van der Waals surface area contributed by atoms with Gasteiger partial charge in [0.25, 0.3) is 0 Å². The predicted octanol–water partition coefficient (Wildman–Crippen LogP) is 1.43. The molecule has 9 heavy (non-hydrogen) atoms. The van der Waals surface area contributed by atoms with Crippen molar-refractivity contribution in [1.82, 2.24) is 5.32 Å².